The van der Waals surface area contributed by atoms with Gasteiger partial charge < -0.3 is 24.9 Å². The predicted octanol–water partition coefficient (Wildman–Crippen LogP) is 9.25. The number of fused-ring (bicyclic) bond motifs is 1. The molecule has 0 bridgehead atoms. The van der Waals surface area contributed by atoms with Crippen molar-refractivity contribution in [2.24, 2.45) is 5.16 Å². The van der Waals surface area contributed by atoms with Gasteiger partial charge in [0.15, 0.2) is 10.8 Å². The van der Waals surface area contributed by atoms with E-state index in [1.165, 1.54) is 18.4 Å². The van der Waals surface area contributed by atoms with Gasteiger partial charge in [0, 0.05) is 17.7 Å². The number of benzene rings is 5. The molecule has 1 aromatic heterocycles. The van der Waals surface area contributed by atoms with Crippen LogP contribution in [0.1, 0.15) is 58.9 Å². The van der Waals surface area contributed by atoms with Crippen LogP contribution in [0.3, 0.4) is 0 Å². The molecule has 3 aliphatic rings. The van der Waals surface area contributed by atoms with E-state index in [9.17, 15) is 9.59 Å². The standard InChI is InChI=1S/C50H45N5O5S3/c1-58-54-41(40-32-63-49(51-40)53-50(36-22-11-4-12-23-36,37-24-13-5-14-25-37)38-26-15-6-16-27-38)45(56)52-42-46(57)55-43(35(31-62-47(42)55)30-39-28-17-29-59-39)48(61)60-44(33-18-7-2-8-19-33)34-20-9-3-10-21-34/h2-16,18-27,32,39,42,44,47H,17,28-31H2,1H3,(H,51,53)(H,52,56)/b54-41-/t39?,42?,47-/m1/s1. The quantitative estimate of drug-likeness (QED) is 0.0343. The summed E-state index contributed by atoms with van der Waals surface area (Å²) in [5.74, 6) is -0.291. The van der Waals surface area contributed by atoms with Crippen LogP contribution in [0.4, 0.5) is 5.13 Å². The number of rotatable bonds is 15. The molecule has 2 unspecified atom stereocenters. The highest BCUT2D eigenvalue weighted by Gasteiger charge is 2.54. The van der Waals surface area contributed by atoms with Gasteiger partial charge in [-0.1, -0.05) is 157 Å². The average molecular weight is 892 g/mol. The molecule has 2 amide bonds. The number of anilines is 1. The van der Waals surface area contributed by atoms with E-state index in [0.717, 1.165) is 46.2 Å². The first-order valence-corrected chi connectivity index (χ1v) is 23.2. The van der Waals surface area contributed by atoms with Crippen molar-refractivity contribution >= 4 is 63.0 Å². The number of oxime groups is 1. The van der Waals surface area contributed by atoms with E-state index in [4.69, 9.17) is 31.5 Å². The zero-order chi connectivity index (χ0) is 43.2. The summed E-state index contributed by atoms with van der Waals surface area (Å²) in [6, 6.07) is 49.6. The zero-order valence-electron chi connectivity index (χ0n) is 34.5. The van der Waals surface area contributed by atoms with Crippen LogP contribution in [-0.2, 0) is 29.4 Å². The van der Waals surface area contributed by atoms with Crippen LogP contribution in [0.15, 0.2) is 173 Å². The van der Waals surface area contributed by atoms with Crippen molar-refractivity contribution < 1.29 is 23.9 Å². The summed E-state index contributed by atoms with van der Waals surface area (Å²) in [5.41, 5.74) is 5.88. The molecule has 0 spiro atoms. The average Bonchev–Trinajstić information content (AvgIpc) is 4.04. The number of carbonyl (C=O) groups is 2. The van der Waals surface area contributed by atoms with Gasteiger partial charge in [-0.15, -0.1) is 23.1 Å². The first-order chi connectivity index (χ1) is 30.9. The van der Waals surface area contributed by atoms with Crippen LogP contribution in [0.25, 0.3) is 0 Å². The Morgan fingerprint density at radius 2 is 1.43 bits per heavy atom. The fraction of sp³-hybridized carbons (Fsp3) is 0.220. The molecular weight excluding hydrogens is 847 g/mol. The maximum Gasteiger partial charge on any atom is 0.276 e. The lowest BCUT2D eigenvalue weighted by molar-refractivity contribution is -0.144. The number of thiazole rings is 1. The van der Waals surface area contributed by atoms with E-state index in [2.05, 4.69) is 52.2 Å². The number of thiocarbonyl (C=S) groups is 1. The molecule has 5 aromatic carbocycles. The molecular formula is C50H45N5O5S3. The maximum absolute atomic E-state index is 14.4. The minimum Gasteiger partial charge on any atom is -0.469 e. The topological polar surface area (TPSA) is 114 Å². The number of carbonyl (C=O) groups excluding carboxylic acids is 2. The van der Waals surface area contributed by atoms with Gasteiger partial charge in [0.1, 0.15) is 35.9 Å². The number of ether oxygens (including phenoxy) is 2. The highest BCUT2D eigenvalue weighted by atomic mass is 32.2. The Morgan fingerprint density at radius 3 is 1.95 bits per heavy atom. The normalized spacial score (nSPS) is 18.7. The first kappa shape index (κ1) is 42.2. The molecule has 0 radical (unpaired) electrons. The Bertz CT molecular complexity index is 2470. The Balaban J connectivity index is 0.976. The molecule has 2 saturated heterocycles. The second kappa shape index (κ2) is 19.1. The predicted molar refractivity (Wildman–Crippen MR) is 253 cm³/mol. The van der Waals surface area contributed by atoms with Gasteiger partial charge >= 0.3 is 0 Å². The van der Waals surface area contributed by atoms with Gasteiger partial charge in [-0.25, -0.2) is 4.98 Å². The summed E-state index contributed by atoms with van der Waals surface area (Å²) < 4.78 is 12.8. The fourth-order valence-corrected chi connectivity index (χ4v) is 11.0. The van der Waals surface area contributed by atoms with Crippen molar-refractivity contribution in [3.8, 4) is 0 Å². The molecule has 9 rings (SSSR count). The molecule has 3 atom stereocenters. The number of amides is 2. The van der Waals surface area contributed by atoms with Crippen LogP contribution in [0, 0.1) is 0 Å². The minimum atomic E-state index is -0.858. The van der Waals surface area contributed by atoms with Crippen molar-refractivity contribution in [3.05, 3.63) is 202 Å². The van der Waals surface area contributed by atoms with Crippen LogP contribution in [0.2, 0.25) is 0 Å². The highest BCUT2D eigenvalue weighted by Crippen LogP contribution is 2.44. The molecule has 0 aliphatic carbocycles. The Morgan fingerprint density at radius 1 is 0.873 bits per heavy atom. The van der Waals surface area contributed by atoms with Crippen LogP contribution in [0.5, 0.6) is 0 Å². The molecule has 3 aliphatic heterocycles. The Hall–Kier alpha value is -6.12. The number of hydrogen-bond donors (Lipinski definition) is 2. The number of nitrogens with one attached hydrogen (secondary N) is 2. The van der Waals surface area contributed by atoms with Gasteiger partial charge in [0.2, 0.25) is 5.05 Å². The zero-order valence-corrected chi connectivity index (χ0v) is 36.9. The molecule has 13 heteroatoms. The van der Waals surface area contributed by atoms with E-state index in [-0.39, 0.29) is 22.8 Å². The molecule has 0 saturated carbocycles. The smallest absolute Gasteiger partial charge is 0.276 e. The van der Waals surface area contributed by atoms with Crippen molar-refractivity contribution in [1.82, 2.24) is 15.2 Å². The van der Waals surface area contributed by atoms with E-state index in [1.807, 2.05) is 115 Å². The Kier molecular flexibility index (Phi) is 12.8. The summed E-state index contributed by atoms with van der Waals surface area (Å²) in [4.78, 5) is 40.4. The molecule has 2 fully saturated rings. The molecule has 2 N–H and O–H groups in total. The van der Waals surface area contributed by atoms with Crippen molar-refractivity contribution in [2.45, 2.75) is 48.4 Å². The Labute approximate surface area is 380 Å². The fourth-order valence-electron chi connectivity index (χ4n) is 8.54. The van der Waals surface area contributed by atoms with Gasteiger partial charge in [0.05, 0.1) is 11.8 Å². The molecule has 63 heavy (non-hydrogen) atoms. The van der Waals surface area contributed by atoms with Crippen molar-refractivity contribution in [3.63, 3.8) is 0 Å². The summed E-state index contributed by atoms with van der Waals surface area (Å²) in [6.07, 6.45) is 2.08. The lowest BCUT2D eigenvalue weighted by Crippen LogP contribution is -2.71. The van der Waals surface area contributed by atoms with Gasteiger partial charge in [0.25, 0.3) is 11.8 Å². The van der Waals surface area contributed by atoms with Crippen molar-refractivity contribution in [1.29, 1.82) is 0 Å². The third kappa shape index (κ3) is 8.66. The number of nitrogens with zero attached hydrogens (tertiary/aromatic N) is 3. The van der Waals surface area contributed by atoms with E-state index in [1.54, 1.807) is 22.0 Å². The van der Waals surface area contributed by atoms with Crippen molar-refractivity contribution in [2.75, 3.05) is 24.8 Å². The summed E-state index contributed by atoms with van der Waals surface area (Å²) in [7, 11) is 1.38. The third-order valence-electron chi connectivity index (χ3n) is 11.5. The van der Waals surface area contributed by atoms with Gasteiger partial charge in [-0.2, -0.15) is 0 Å². The summed E-state index contributed by atoms with van der Waals surface area (Å²) in [5, 5.41) is 13.0. The number of hydrogen-bond acceptors (Lipinski definition) is 11. The molecule has 10 nitrogen and oxygen atoms in total. The molecule has 4 heterocycles. The maximum atomic E-state index is 14.4. The second-order valence-corrected chi connectivity index (χ2v) is 17.7. The number of β-lactam (4-membered cyclic amide) rings is 1. The lowest BCUT2D eigenvalue weighted by Gasteiger charge is -2.50. The van der Waals surface area contributed by atoms with E-state index >= 15 is 0 Å². The molecule has 6 aromatic rings. The number of aromatic nitrogens is 1. The monoisotopic (exact) mass is 891 g/mol. The SMILES string of the molecule is CO/N=C(\C(=O)NC1C(=O)N2C(C(=S)OC(c3ccccc3)c3ccccc3)=C(CC3CCCO3)CS[C@H]12)c1csc(NC(c2ccccc2)(c2ccccc2)c2ccccc2)n1. The summed E-state index contributed by atoms with van der Waals surface area (Å²) >= 11 is 9.05. The van der Waals surface area contributed by atoms with Gasteiger partial charge in [-0.05, 0) is 64.9 Å². The molecule has 318 valence electrons. The van der Waals surface area contributed by atoms with E-state index in [0.29, 0.717) is 35.3 Å². The lowest BCUT2D eigenvalue weighted by atomic mass is 9.77. The van der Waals surface area contributed by atoms with Crippen LogP contribution >= 0.6 is 35.3 Å². The largest absolute Gasteiger partial charge is 0.469 e. The number of thioether (sulfide) groups is 1. The van der Waals surface area contributed by atoms with E-state index < -0.39 is 29.0 Å². The highest BCUT2D eigenvalue weighted by molar-refractivity contribution is 8.00. The third-order valence-corrected chi connectivity index (χ3v) is 13.9. The summed E-state index contributed by atoms with van der Waals surface area (Å²) in [6.45, 7) is 0.709. The van der Waals surface area contributed by atoms with Crippen LogP contribution < -0.4 is 10.6 Å². The minimum absolute atomic E-state index is 0.0319. The second-order valence-electron chi connectivity index (χ2n) is 15.4. The van der Waals surface area contributed by atoms with Crippen LogP contribution in [-0.4, -0.2) is 69.4 Å². The first-order valence-electron chi connectivity index (χ1n) is 20.9. The van der Waals surface area contributed by atoms with Gasteiger partial charge in [-0.3, -0.25) is 14.5 Å².